The maximum atomic E-state index is 13.3. The Bertz CT molecular complexity index is 1050. The average Bonchev–Trinajstić information content (AvgIpc) is 2.78. The van der Waals surface area contributed by atoms with Crippen LogP contribution in [0, 0.1) is 10.1 Å². The van der Waals surface area contributed by atoms with E-state index in [4.69, 9.17) is 0 Å². The lowest BCUT2D eigenvalue weighted by Crippen LogP contribution is -2.30. The zero-order valence-corrected chi connectivity index (χ0v) is 17.1. The molecule has 0 saturated carbocycles. The maximum absolute atomic E-state index is 13.3. The van der Waals surface area contributed by atoms with Crippen LogP contribution < -0.4 is 10.2 Å². The summed E-state index contributed by atoms with van der Waals surface area (Å²) < 4.78 is 44.4. The molecule has 0 spiro atoms. The van der Waals surface area contributed by atoms with Crippen LogP contribution in [0.15, 0.2) is 36.4 Å². The van der Waals surface area contributed by atoms with Crippen molar-refractivity contribution < 1.29 is 32.4 Å². The van der Waals surface area contributed by atoms with Gasteiger partial charge in [0.25, 0.3) is 11.6 Å². The third kappa shape index (κ3) is 5.16. The van der Waals surface area contributed by atoms with Gasteiger partial charge in [0, 0.05) is 30.8 Å². The van der Waals surface area contributed by atoms with Crippen LogP contribution in [0.25, 0.3) is 0 Å². The van der Waals surface area contributed by atoms with Gasteiger partial charge < -0.3 is 15.0 Å². The van der Waals surface area contributed by atoms with E-state index in [0.717, 1.165) is 56.7 Å². The summed E-state index contributed by atoms with van der Waals surface area (Å²) in [7, 11) is 1.08. The number of nitro groups is 1. The third-order valence-electron chi connectivity index (χ3n) is 5.08. The van der Waals surface area contributed by atoms with E-state index in [0.29, 0.717) is 18.8 Å². The van der Waals surface area contributed by atoms with Gasteiger partial charge in [-0.15, -0.1) is 0 Å². The van der Waals surface area contributed by atoms with Gasteiger partial charge in [0.1, 0.15) is 0 Å². The molecule has 3 rings (SSSR count). The van der Waals surface area contributed by atoms with Gasteiger partial charge in [-0.25, -0.2) is 4.79 Å². The molecule has 1 N–H and O–H groups in total. The van der Waals surface area contributed by atoms with Gasteiger partial charge in [0.05, 0.1) is 34.5 Å². The van der Waals surface area contributed by atoms with E-state index < -0.39 is 34.2 Å². The molecule has 0 aromatic heterocycles. The first kappa shape index (κ1) is 23.0. The highest BCUT2D eigenvalue weighted by Gasteiger charge is 2.32. The number of nitrogens with one attached hydrogen (secondary N) is 1. The fourth-order valence-electron chi connectivity index (χ4n) is 3.50. The number of non-ortho nitro benzene ring substituents is 1. The zero-order chi connectivity index (χ0) is 23.5. The molecule has 2 aromatic rings. The highest BCUT2D eigenvalue weighted by molar-refractivity contribution is 6.07. The molecule has 1 heterocycles. The van der Waals surface area contributed by atoms with E-state index in [1.807, 2.05) is 4.90 Å². The summed E-state index contributed by atoms with van der Waals surface area (Å²) in [6, 6.07) is 6.06. The maximum Gasteiger partial charge on any atom is 0.416 e. The number of amides is 1. The van der Waals surface area contributed by atoms with Crippen molar-refractivity contribution in [1.82, 2.24) is 0 Å². The molecule has 1 fully saturated rings. The summed E-state index contributed by atoms with van der Waals surface area (Å²) in [6.07, 6.45) is -1.89. The van der Waals surface area contributed by atoms with Crippen LogP contribution in [0.2, 0.25) is 0 Å². The molecule has 0 unspecified atom stereocenters. The number of anilines is 2. The summed E-state index contributed by atoms with van der Waals surface area (Å²) in [4.78, 5) is 37.0. The second kappa shape index (κ2) is 9.25. The average molecular weight is 451 g/mol. The predicted octanol–water partition coefficient (Wildman–Crippen LogP) is 4.64. The van der Waals surface area contributed by atoms with Crippen molar-refractivity contribution in [2.24, 2.45) is 0 Å². The molecule has 1 aliphatic heterocycles. The van der Waals surface area contributed by atoms with Crippen LogP contribution in [0.3, 0.4) is 0 Å². The summed E-state index contributed by atoms with van der Waals surface area (Å²) >= 11 is 0. The van der Waals surface area contributed by atoms with Crippen LogP contribution in [-0.4, -0.2) is 37.0 Å². The van der Waals surface area contributed by atoms with Crippen molar-refractivity contribution in [2.75, 3.05) is 30.4 Å². The Labute approximate surface area is 181 Å². The van der Waals surface area contributed by atoms with Crippen LogP contribution in [0.4, 0.5) is 30.2 Å². The Balaban J connectivity index is 2.01. The Hall–Kier alpha value is -3.63. The molecule has 8 nitrogen and oxygen atoms in total. The second-order valence-corrected chi connectivity index (χ2v) is 7.25. The number of methoxy groups -OCH3 is 1. The molecular formula is C21H20F3N3O5. The number of ether oxygens (including phenoxy) is 1. The van der Waals surface area contributed by atoms with E-state index in [9.17, 15) is 32.9 Å². The predicted molar refractivity (Wildman–Crippen MR) is 110 cm³/mol. The number of carbonyl (C=O) groups is 2. The molecule has 32 heavy (non-hydrogen) atoms. The van der Waals surface area contributed by atoms with Gasteiger partial charge in [0.2, 0.25) is 0 Å². The topological polar surface area (TPSA) is 102 Å². The molecule has 0 radical (unpaired) electrons. The minimum absolute atomic E-state index is 0.0714. The van der Waals surface area contributed by atoms with Gasteiger partial charge >= 0.3 is 12.1 Å². The normalized spacial score (nSPS) is 14.1. The molecule has 0 bridgehead atoms. The van der Waals surface area contributed by atoms with Crippen molar-refractivity contribution in [3.05, 3.63) is 63.2 Å². The molecule has 2 aromatic carbocycles. The van der Waals surface area contributed by atoms with Crippen LogP contribution in [0.5, 0.6) is 0 Å². The molecule has 11 heteroatoms. The van der Waals surface area contributed by atoms with Crippen molar-refractivity contribution in [1.29, 1.82) is 0 Å². The first-order chi connectivity index (χ1) is 15.1. The number of hydrogen-bond acceptors (Lipinski definition) is 6. The smallest absolute Gasteiger partial charge is 0.416 e. The fraction of sp³-hybridized carbons (Fsp3) is 0.333. The number of alkyl halides is 3. The minimum atomic E-state index is -4.62. The van der Waals surface area contributed by atoms with Crippen LogP contribution >= 0.6 is 0 Å². The summed E-state index contributed by atoms with van der Waals surface area (Å²) in [5.74, 6) is -1.78. The summed E-state index contributed by atoms with van der Waals surface area (Å²) in [5, 5.41) is 13.6. The van der Waals surface area contributed by atoms with Crippen molar-refractivity contribution in [3.8, 4) is 0 Å². The van der Waals surface area contributed by atoms with Crippen molar-refractivity contribution in [3.63, 3.8) is 0 Å². The Kier molecular flexibility index (Phi) is 6.66. The second-order valence-electron chi connectivity index (χ2n) is 7.25. The van der Waals surface area contributed by atoms with E-state index in [1.165, 1.54) is 6.07 Å². The third-order valence-corrected chi connectivity index (χ3v) is 5.08. The van der Waals surface area contributed by atoms with Crippen molar-refractivity contribution in [2.45, 2.75) is 25.4 Å². The number of piperidine rings is 1. The first-order valence-corrected chi connectivity index (χ1v) is 9.75. The van der Waals surface area contributed by atoms with Gasteiger partial charge in [-0.05, 0) is 43.5 Å². The highest BCUT2D eigenvalue weighted by Crippen LogP contribution is 2.36. The minimum Gasteiger partial charge on any atom is -0.465 e. The molecule has 0 aliphatic carbocycles. The quantitative estimate of drug-likeness (QED) is 0.404. The number of nitro benzene ring substituents is 1. The van der Waals surface area contributed by atoms with Crippen LogP contribution in [-0.2, 0) is 10.9 Å². The number of benzene rings is 2. The number of carbonyl (C=O) groups excluding carboxylic acids is 2. The van der Waals surface area contributed by atoms with Gasteiger partial charge in [0.15, 0.2) is 0 Å². The highest BCUT2D eigenvalue weighted by atomic mass is 19.4. The van der Waals surface area contributed by atoms with Gasteiger partial charge in [-0.3, -0.25) is 14.9 Å². The van der Waals surface area contributed by atoms with E-state index in [-0.39, 0.29) is 16.8 Å². The van der Waals surface area contributed by atoms with E-state index in [1.54, 1.807) is 0 Å². The Morgan fingerprint density at radius 1 is 1.06 bits per heavy atom. The molecular weight excluding hydrogens is 431 g/mol. The Morgan fingerprint density at radius 3 is 2.31 bits per heavy atom. The number of rotatable bonds is 5. The number of esters is 1. The van der Waals surface area contributed by atoms with Gasteiger partial charge in [-0.1, -0.05) is 0 Å². The molecule has 0 atom stereocenters. The Morgan fingerprint density at radius 2 is 1.72 bits per heavy atom. The summed E-state index contributed by atoms with van der Waals surface area (Å²) in [5.41, 5.74) is -1.61. The zero-order valence-electron chi connectivity index (χ0n) is 17.1. The van der Waals surface area contributed by atoms with Gasteiger partial charge in [-0.2, -0.15) is 13.2 Å². The molecule has 1 amide bonds. The lowest BCUT2D eigenvalue weighted by molar-refractivity contribution is -0.384. The summed E-state index contributed by atoms with van der Waals surface area (Å²) in [6.45, 7) is 1.25. The number of nitrogens with zero attached hydrogens (tertiary/aromatic N) is 2. The van der Waals surface area contributed by atoms with Crippen molar-refractivity contribution >= 4 is 28.9 Å². The van der Waals surface area contributed by atoms with E-state index >= 15 is 0 Å². The number of halogens is 3. The largest absolute Gasteiger partial charge is 0.465 e. The SMILES string of the molecule is COC(=O)c1cc(C(=O)Nc2cc(C(F)(F)F)ccc2N2CCCCC2)cc([N+](=O)[O-])c1. The lowest BCUT2D eigenvalue weighted by atomic mass is 10.1. The first-order valence-electron chi connectivity index (χ1n) is 9.75. The standard InChI is InChI=1S/C21H20F3N3O5/c1-32-20(29)14-9-13(10-16(11-14)27(30)31)19(28)25-17-12-15(21(22,23)24)5-6-18(17)26-7-3-2-4-8-26/h5-6,9-12H,2-4,7-8H2,1H3,(H,25,28). The molecule has 1 saturated heterocycles. The lowest BCUT2D eigenvalue weighted by Gasteiger charge is -2.31. The number of hydrogen-bond donors (Lipinski definition) is 1. The van der Waals surface area contributed by atoms with E-state index in [2.05, 4.69) is 10.1 Å². The fourth-order valence-corrected chi connectivity index (χ4v) is 3.50. The molecule has 170 valence electrons. The monoisotopic (exact) mass is 451 g/mol. The van der Waals surface area contributed by atoms with Crippen LogP contribution in [0.1, 0.15) is 45.5 Å². The molecule has 1 aliphatic rings.